The number of hydrogen-bond donors (Lipinski definition) is 4. The number of hydrogen-bond acceptors (Lipinski definition) is 10. The third-order valence-corrected chi connectivity index (χ3v) is 9.72. The van der Waals surface area contributed by atoms with Crippen LogP contribution in [0.2, 0.25) is 0 Å². The van der Waals surface area contributed by atoms with Gasteiger partial charge < -0.3 is 35.3 Å². The lowest BCUT2D eigenvalue weighted by Crippen LogP contribution is -2.53. The molecule has 1 atom stereocenters. The summed E-state index contributed by atoms with van der Waals surface area (Å²) < 4.78 is 0. The van der Waals surface area contributed by atoms with Crippen LogP contribution in [-0.4, -0.2) is 98.1 Å². The highest BCUT2D eigenvalue weighted by molar-refractivity contribution is 6.18. The zero-order chi connectivity index (χ0) is 35.5. The molecule has 0 saturated carbocycles. The van der Waals surface area contributed by atoms with E-state index in [1.807, 2.05) is 65.8 Å². The summed E-state index contributed by atoms with van der Waals surface area (Å²) in [5, 5.41) is 26.7. The first kappa shape index (κ1) is 36.2. The van der Waals surface area contributed by atoms with E-state index in [0.717, 1.165) is 88.1 Å². The summed E-state index contributed by atoms with van der Waals surface area (Å²) in [6.07, 6.45) is 11.2. The van der Waals surface area contributed by atoms with Gasteiger partial charge in [0, 0.05) is 77.8 Å². The molecule has 4 heterocycles. The monoisotopic (exact) mass is 676 g/mol. The number of aldehydes is 1. The first-order chi connectivity index (χ1) is 24.4. The molecule has 3 aliphatic heterocycles. The lowest BCUT2D eigenvalue weighted by atomic mass is 9.93. The number of aliphatic hydroxyl groups is 1. The molecule has 6 rings (SSSR count). The lowest BCUT2D eigenvalue weighted by molar-refractivity contribution is -0.122. The van der Waals surface area contributed by atoms with Crippen molar-refractivity contribution < 1.29 is 14.7 Å². The molecule has 2 saturated heterocycles. The van der Waals surface area contributed by atoms with Crippen LogP contribution in [0.3, 0.4) is 0 Å². The van der Waals surface area contributed by atoms with Gasteiger partial charge in [-0.3, -0.25) is 15.1 Å². The fraction of sp³-hybridized carbons (Fsp3) is 0.359. The fourth-order valence-electron chi connectivity index (χ4n) is 6.94. The van der Waals surface area contributed by atoms with E-state index in [9.17, 15) is 9.59 Å². The van der Waals surface area contributed by atoms with Gasteiger partial charge >= 0.3 is 0 Å². The van der Waals surface area contributed by atoms with Crippen molar-refractivity contribution in [3.63, 3.8) is 0 Å². The number of nitrogens with zero attached hydrogens (tertiary/aromatic N) is 5. The predicted octanol–water partition coefficient (Wildman–Crippen LogP) is 4.60. The topological polar surface area (TPSA) is 140 Å². The van der Waals surface area contributed by atoms with Gasteiger partial charge in [0.15, 0.2) is 0 Å². The van der Waals surface area contributed by atoms with E-state index in [0.29, 0.717) is 36.0 Å². The van der Waals surface area contributed by atoms with Crippen molar-refractivity contribution in [2.45, 2.75) is 37.6 Å². The summed E-state index contributed by atoms with van der Waals surface area (Å²) in [5.41, 5.74) is 5.21. The highest BCUT2D eigenvalue weighted by atomic mass is 16.2. The number of pyridine rings is 1. The smallest absolute Gasteiger partial charge is 0.227 e. The van der Waals surface area contributed by atoms with Gasteiger partial charge in [-0.25, -0.2) is 4.98 Å². The summed E-state index contributed by atoms with van der Waals surface area (Å²) in [6, 6.07) is 22.5. The first-order valence-corrected chi connectivity index (χ1v) is 17.3. The van der Waals surface area contributed by atoms with Crippen LogP contribution >= 0.6 is 0 Å². The number of anilines is 3. The van der Waals surface area contributed by atoms with E-state index in [1.165, 1.54) is 5.69 Å². The summed E-state index contributed by atoms with van der Waals surface area (Å²) >= 11 is 0. The van der Waals surface area contributed by atoms with Crippen LogP contribution in [0.5, 0.6) is 0 Å². The van der Waals surface area contributed by atoms with Crippen LogP contribution in [0, 0.1) is 10.8 Å². The zero-order valence-electron chi connectivity index (χ0n) is 29.0. The third-order valence-electron chi connectivity index (χ3n) is 9.72. The molecule has 3 aliphatic rings. The summed E-state index contributed by atoms with van der Waals surface area (Å²) in [6.45, 7) is 5.91. The number of allylic oxidation sites excluding steroid dienone is 2. The molecule has 3 aromatic rings. The second-order valence-corrected chi connectivity index (χ2v) is 12.5. The number of aromatic nitrogens is 1. The fourth-order valence-corrected chi connectivity index (χ4v) is 6.94. The maximum absolute atomic E-state index is 12.4. The molecule has 11 heteroatoms. The Morgan fingerprint density at radius 2 is 1.62 bits per heavy atom. The summed E-state index contributed by atoms with van der Waals surface area (Å²) in [4.78, 5) is 37.4. The van der Waals surface area contributed by atoms with E-state index in [2.05, 4.69) is 38.2 Å². The van der Waals surface area contributed by atoms with Crippen LogP contribution in [0.15, 0.2) is 97.0 Å². The highest BCUT2D eigenvalue weighted by Crippen LogP contribution is 2.29. The van der Waals surface area contributed by atoms with Crippen molar-refractivity contribution in [3.8, 4) is 0 Å². The molecular formula is C39H48N8O3. The Kier molecular flexibility index (Phi) is 12.7. The summed E-state index contributed by atoms with van der Waals surface area (Å²) in [5.74, 6) is 0.610. The number of piperidine rings is 1. The van der Waals surface area contributed by atoms with Gasteiger partial charge in [0.2, 0.25) is 5.91 Å². The summed E-state index contributed by atoms with van der Waals surface area (Å²) in [7, 11) is 2.64. The van der Waals surface area contributed by atoms with Crippen molar-refractivity contribution in [3.05, 3.63) is 108 Å². The Morgan fingerprint density at radius 1 is 0.940 bits per heavy atom. The lowest BCUT2D eigenvalue weighted by Gasteiger charge is -2.43. The number of likely N-dealkylation sites (N-methyl/N-ethyl adjacent to an activating group) is 1. The predicted molar refractivity (Wildman–Crippen MR) is 201 cm³/mol. The van der Waals surface area contributed by atoms with Gasteiger partial charge in [0.25, 0.3) is 0 Å². The van der Waals surface area contributed by atoms with Gasteiger partial charge in [-0.2, -0.15) is 0 Å². The Bertz CT molecular complexity index is 1660. The van der Waals surface area contributed by atoms with E-state index < -0.39 is 0 Å². The van der Waals surface area contributed by atoms with Gasteiger partial charge in [-0.1, -0.05) is 42.5 Å². The Labute approximate surface area is 294 Å². The van der Waals surface area contributed by atoms with Gasteiger partial charge in [0.1, 0.15) is 12.1 Å². The van der Waals surface area contributed by atoms with Crippen molar-refractivity contribution in [2.75, 3.05) is 68.1 Å². The van der Waals surface area contributed by atoms with Crippen molar-refractivity contribution in [2.24, 2.45) is 0 Å². The molecule has 50 heavy (non-hydrogen) atoms. The minimum atomic E-state index is -0.306. The van der Waals surface area contributed by atoms with E-state index in [4.69, 9.17) is 20.9 Å². The molecule has 1 aromatic heterocycles. The molecule has 1 unspecified atom stereocenters. The second kappa shape index (κ2) is 17.5. The largest absolute Gasteiger partial charge is 0.400 e. The molecule has 0 spiro atoms. The molecule has 2 fully saturated rings. The van der Waals surface area contributed by atoms with E-state index >= 15 is 0 Å². The van der Waals surface area contributed by atoms with Gasteiger partial charge in [-0.15, -0.1) is 0 Å². The average molecular weight is 677 g/mol. The van der Waals surface area contributed by atoms with Crippen LogP contribution in [-0.2, 0) is 9.59 Å². The number of benzene rings is 2. The minimum absolute atomic E-state index is 0.0530. The number of nitrogens with one attached hydrogen (secondary N) is 3. The maximum Gasteiger partial charge on any atom is 0.227 e. The van der Waals surface area contributed by atoms with Crippen LogP contribution in [0.1, 0.15) is 42.7 Å². The van der Waals surface area contributed by atoms with Gasteiger partial charge in [0.05, 0.1) is 34.9 Å². The molecule has 2 aromatic carbocycles. The second-order valence-electron chi connectivity index (χ2n) is 12.5. The molecule has 0 aliphatic carbocycles. The maximum atomic E-state index is 12.4. The number of carbonyl (C=O) groups excluding carboxylic acids is 2. The molecule has 11 nitrogen and oxygen atoms in total. The normalized spacial score (nSPS) is 18.1. The Morgan fingerprint density at radius 3 is 2.24 bits per heavy atom. The standard InChI is InChI=1S/C38H44N8O2.CH4O/c1-41-38(48)33(8-5-25-47)28-9-11-30(12-10-28)43-21-23-44(24-22-43)31-15-18-45(19-16-31)37-14-13-32(27-42-37)46-20-17-34(39)36(46)26-35(40)29-6-3-2-4-7-29;1-2/h2-4,6-7,9-14,17,20,25-27,31,33,39-40H,5,8,15-16,18-19,21-24H2,1H3,(H,41,48);2H,1H3/b36-26+,39-34?,40-35?;. The molecule has 4 N–H and O–H groups in total. The van der Waals surface area contributed by atoms with Crippen molar-refractivity contribution >= 4 is 40.8 Å². The van der Waals surface area contributed by atoms with E-state index in [-0.39, 0.29) is 11.8 Å². The average Bonchev–Trinajstić information content (AvgIpc) is 3.55. The minimum Gasteiger partial charge on any atom is -0.400 e. The third kappa shape index (κ3) is 8.53. The number of rotatable bonds is 11. The molecule has 262 valence electrons. The molecule has 0 radical (unpaired) electrons. The van der Waals surface area contributed by atoms with Crippen LogP contribution in [0.4, 0.5) is 17.2 Å². The molecule has 0 bridgehead atoms. The highest BCUT2D eigenvalue weighted by Gasteiger charge is 2.29. The van der Waals surface area contributed by atoms with Crippen molar-refractivity contribution in [1.82, 2.24) is 15.2 Å². The first-order valence-electron chi connectivity index (χ1n) is 17.3. The SMILES string of the molecule is CNC(=O)C(CCC=O)c1ccc(N2CCN(C3CCN(c4ccc(N5C=CC(=N)/C5=C\C(=N)c5ccccc5)cn4)CC3)CC2)cc1.CO. The van der Waals surface area contributed by atoms with E-state index in [1.54, 1.807) is 19.2 Å². The quantitative estimate of drug-likeness (QED) is 0.171. The Hall–Kier alpha value is -5.13. The number of carbonyl (C=O) groups is 2. The van der Waals surface area contributed by atoms with Crippen LogP contribution in [0.25, 0.3) is 0 Å². The van der Waals surface area contributed by atoms with Gasteiger partial charge in [-0.05, 0) is 66.8 Å². The Balaban J connectivity index is 0.00000239. The van der Waals surface area contributed by atoms with Crippen molar-refractivity contribution in [1.29, 1.82) is 10.8 Å². The number of aliphatic hydroxyl groups excluding tert-OH is 1. The van der Waals surface area contributed by atoms with Crippen LogP contribution < -0.4 is 20.0 Å². The molecule has 1 amide bonds. The molecular weight excluding hydrogens is 628 g/mol. The zero-order valence-corrected chi connectivity index (χ0v) is 29.0. The number of piperazine rings is 1. The number of amides is 1.